The molecule has 0 radical (unpaired) electrons. The molecule has 2 N–H and O–H groups in total. The monoisotopic (exact) mass is 390 g/mol. The highest BCUT2D eigenvalue weighted by atomic mass is 16.3. The van der Waals surface area contributed by atoms with Crippen molar-refractivity contribution in [2.75, 3.05) is 0 Å². The summed E-state index contributed by atoms with van der Waals surface area (Å²) >= 11 is 0. The minimum absolute atomic E-state index is 0.151. The standard InChI is InChI=1S/C26H46O2/c1-17(6-7-18(2)27)21-10-11-22-20-9-8-19-16-24(3,28)14-15-25(19,4)23(20)12-13-26(21,22)5/h17-23,27-28H,6-16H2,1-5H3/t17-,18+,19?,20+,21-,22+,23+,24+,25+,26-/m1/s1. The third-order valence-electron chi connectivity index (χ3n) is 10.8. The van der Waals surface area contributed by atoms with Crippen molar-refractivity contribution in [1.29, 1.82) is 0 Å². The molecule has 0 bridgehead atoms. The lowest BCUT2D eigenvalue weighted by molar-refractivity contribution is -0.148. The van der Waals surface area contributed by atoms with Crippen molar-refractivity contribution in [2.45, 2.75) is 117 Å². The van der Waals surface area contributed by atoms with Crippen molar-refractivity contribution in [2.24, 2.45) is 46.3 Å². The summed E-state index contributed by atoms with van der Waals surface area (Å²) in [6.45, 7) is 11.7. The maximum absolute atomic E-state index is 10.7. The summed E-state index contributed by atoms with van der Waals surface area (Å²) < 4.78 is 0. The van der Waals surface area contributed by atoms with Gasteiger partial charge in [-0.25, -0.2) is 0 Å². The van der Waals surface area contributed by atoms with E-state index in [9.17, 15) is 10.2 Å². The van der Waals surface area contributed by atoms with Gasteiger partial charge in [-0.3, -0.25) is 0 Å². The Balaban J connectivity index is 1.50. The van der Waals surface area contributed by atoms with Gasteiger partial charge in [0.25, 0.3) is 0 Å². The van der Waals surface area contributed by atoms with Crippen LogP contribution >= 0.6 is 0 Å². The van der Waals surface area contributed by atoms with Gasteiger partial charge in [0.2, 0.25) is 0 Å². The molecule has 2 nitrogen and oxygen atoms in total. The van der Waals surface area contributed by atoms with Gasteiger partial charge in [-0.15, -0.1) is 0 Å². The third kappa shape index (κ3) is 3.39. The van der Waals surface area contributed by atoms with E-state index in [-0.39, 0.29) is 6.10 Å². The van der Waals surface area contributed by atoms with Crippen molar-refractivity contribution in [3.63, 3.8) is 0 Å². The van der Waals surface area contributed by atoms with Crippen LogP contribution in [0.2, 0.25) is 0 Å². The molecular formula is C26H46O2. The van der Waals surface area contributed by atoms with E-state index in [1.54, 1.807) is 0 Å². The fourth-order valence-electron chi connectivity index (χ4n) is 9.11. The number of rotatable bonds is 4. The lowest BCUT2D eigenvalue weighted by atomic mass is 9.43. The molecule has 162 valence electrons. The molecular weight excluding hydrogens is 344 g/mol. The Bertz CT molecular complexity index is 569. The molecule has 0 aromatic heterocycles. The molecule has 28 heavy (non-hydrogen) atoms. The van der Waals surface area contributed by atoms with E-state index in [2.05, 4.69) is 27.7 Å². The van der Waals surface area contributed by atoms with Crippen molar-refractivity contribution in [1.82, 2.24) is 0 Å². The van der Waals surface area contributed by atoms with Crippen LogP contribution in [0.1, 0.15) is 105 Å². The first-order valence-electron chi connectivity index (χ1n) is 12.5. The Morgan fingerprint density at radius 2 is 1.54 bits per heavy atom. The van der Waals surface area contributed by atoms with Crippen LogP contribution in [0, 0.1) is 46.3 Å². The topological polar surface area (TPSA) is 40.5 Å². The first kappa shape index (κ1) is 21.2. The quantitative estimate of drug-likeness (QED) is 0.600. The SMILES string of the molecule is C[C@H](O)CC[C@@H](C)[C@H]1CC[C@H]2[C@@H]3CCC4C[C@@](C)(O)CC[C@]4(C)[C@H]3CC[C@]12C. The lowest BCUT2D eigenvalue weighted by Crippen LogP contribution is -2.55. The average Bonchev–Trinajstić information content (AvgIpc) is 2.97. The van der Waals surface area contributed by atoms with Crippen LogP contribution in [0.5, 0.6) is 0 Å². The van der Waals surface area contributed by atoms with Crippen LogP contribution in [-0.4, -0.2) is 21.9 Å². The molecule has 4 fully saturated rings. The Hall–Kier alpha value is -0.0800. The largest absolute Gasteiger partial charge is 0.393 e. The first-order chi connectivity index (χ1) is 13.1. The van der Waals surface area contributed by atoms with E-state index in [0.29, 0.717) is 10.8 Å². The van der Waals surface area contributed by atoms with Crippen molar-refractivity contribution < 1.29 is 10.2 Å². The molecule has 0 heterocycles. The van der Waals surface area contributed by atoms with Gasteiger partial charge in [0.05, 0.1) is 11.7 Å². The first-order valence-corrected chi connectivity index (χ1v) is 12.5. The zero-order chi connectivity index (χ0) is 20.3. The summed E-state index contributed by atoms with van der Waals surface area (Å²) in [5, 5.41) is 20.4. The minimum atomic E-state index is -0.419. The Morgan fingerprint density at radius 1 is 0.821 bits per heavy atom. The molecule has 1 unspecified atom stereocenters. The molecule has 4 aliphatic carbocycles. The Morgan fingerprint density at radius 3 is 2.25 bits per heavy atom. The number of hydrogen-bond donors (Lipinski definition) is 2. The van der Waals surface area contributed by atoms with Crippen LogP contribution in [0.4, 0.5) is 0 Å². The molecule has 4 rings (SSSR count). The summed E-state index contributed by atoms with van der Waals surface area (Å²) in [5.74, 6) is 5.09. The molecule has 0 aliphatic heterocycles. The molecule has 2 heteroatoms. The highest BCUT2D eigenvalue weighted by molar-refractivity contribution is 5.10. The predicted molar refractivity (Wildman–Crippen MR) is 116 cm³/mol. The summed E-state index contributed by atoms with van der Waals surface area (Å²) in [6, 6.07) is 0. The fourth-order valence-corrected chi connectivity index (χ4v) is 9.11. The van der Waals surface area contributed by atoms with Gasteiger partial charge >= 0.3 is 0 Å². The zero-order valence-corrected chi connectivity index (χ0v) is 19.2. The molecule has 0 saturated heterocycles. The lowest BCUT2D eigenvalue weighted by Gasteiger charge is -2.62. The molecule has 0 aromatic rings. The van der Waals surface area contributed by atoms with Crippen molar-refractivity contribution >= 4 is 0 Å². The second kappa shape index (κ2) is 7.26. The smallest absolute Gasteiger partial charge is 0.0622 e. The normalized spacial score (nSPS) is 53.0. The highest BCUT2D eigenvalue weighted by Crippen LogP contribution is 2.68. The maximum atomic E-state index is 10.7. The number of hydrogen-bond acceptors (Lipinski definition) is 2. The molecule has 0 amide bonds. The summed E-state index contributed by atoms with van der Waals surface area (Å²) in [7, 11) is 0. The zero-order valence-electron chi connectivity index (χ0n) is 19.2. The molecule has 4 aliphatic rings. The van der Waals surface area contributed by atoms with Crippen molar-refractivity contribution in [3.05, 3.63) is 0 Å². The number of aliphatic hydroxyl groups is 2. The third-order valence-corrected chi connectivity index (χ3v) is 10.8. The summed E-state index contributed by atoms with van der Waals surface area (Å²) in [4.78, 5) is 0. The van der Waals surface area contributed by atoms with Crippen molar-refractivity contribution in [3.8, 4) is 0 Å². The van der Waals surface area contributed by atoms with E-state index in [1.807, 2.05) is 6.92 Å². The summed E-state index contributed by atoms with van der Waals surface area (Å²) in [6.07, 6.45) is 13.7. The Labute approximate surface area is 173 Å². The molecule has 4 saturated carbocycles. The summed E-state index contributed by atoms with van der Waals surface area (Å²) in [5.41, 5.74) is 0.586. The van der Waals surface area contributed by atoms with E-state index >= 15 is 0 Å². The second-order valence-corrected chi connectivity index (χ2v) is 12.5. The maximum Gasteiger partial charge on any atom is 0.0622 e. The predicted octanol–water partition coefficient (Wildman–Crippen LogP) is 6.19. The van der Waals surface area contributed by atoms with E-state index < -0.39 is 5.60 Å². The van der Waals surface area contributed by atoms with E-state index in [1.165, 1.54) is 51.4 Å². The van der Waals surface area contributed by atoms with Crippen LogP contribution in [-0.2, 0) is 0 Å². The van der Waals surface area contributed by atoms with Gasteiger partial charge in [-0.05, 0) is 131 Å². The van der Waals surface area contributed by atoms with Crippen LogP contribution in [0.3, 0.4) is 0 Å². The molecule has 0 aromatic carbocycles. The van der Waals surface area contributed by atoms with Gasteiger partial charge in [0.1, 0.15) is 0 Å². The van der Waals surface area contributed by atoms with Crippen LogP contribution in [0.25, 0.3) is 0 Å². The van der Waals surface area contributed by atoms with Gasteiger partial charge in [0, 0.05) is 0 Å². The number of aliphatic hydroxyl groups excluding tert-OH is 1. The Kier molecular flexibility index (Phi) is 5.49. The second-order valence-electron chi connectivity index (χ2n) is 12.5. The fraction of sp³-hybridized carbons (Fsp3) is 1.00. The van der Waals surface area contributed by atoms with Gasteiger partial charge in [0.15, 0.2) is 0 Å². The number of fused-ring (bicyclic) bond motifs is 5. The van der Waals surface area contributed by atoms with E-state index in [0.717, 1.165) is 54.8 Å². The van der Waals surface area contributed by atoms with Gasteiger partial charge in [-0.2, -0.15) is 0 Å². The average molecular weight is 391 g/mol. The minimum Gasteiger partial charge on any atom is -0.393 e. The van der Waals surface area contributed by atoms with Gasteiger partial charge in [-0.1, -0.05) is 20.8 Å². The highest BCUT2D eigenvalue weighted by Gasteiger charge is 2.61. The van der Waals surface area contributed by atoms with Crippen LogP contribution in [0.15, 0.2) is 0 Å². The molecule has 10 atom stereocenters. The molecule has 0 spiro atoms. The van der Waals surface area contributed by atoms with E-state index in [4.69, 9.17) is 0 Å². The van der Waals surface area contributed by atoms with Crippen LogP contribution < -0.4 is 0 Å². The van der Waals surface area contributed by atoms with Gasteiger partial charge < -0.3 is 10.2 Å².